The highest BCUT2D eigenvalue weighted by molar-refractivity contribution is 5.50. The summed E-state index contributed by atoms with van der Waals surface area (Å²) in [5, 5.41) is 2.90. The molecule has 5 aromatic rings. The zero-order valence-electron chi connectivity index (χ0n) is 37.3. The number of benzene rings is 5. The van der Waals surface area contributed by atoms with Crippen molar-refractivity contribution in [1.82, 2.24) is 5.32 Å². The van der Waals surface area contributed by atoms with Gasteiger partial charge in [-0.05, 0) is 72.4 Å². The standard InChI is InChI=1S/C26H25F6NO.C23H21F3NO.C3H3F3O/c1-19-7-5-10-21(15-19)24(17-20-8-3-2-4-9-20,18-33-14-13-25(27,28)29)22-11-6-12-23(16-22)34-26(30,31)32;1-17-7-5-10-19(13-17)22(16-27,15-18-8-3-2-4-9-18)20-11-6-12-21(14-20)28-23(24,25)26;4-3(5,6)1-2-7/h2-12,15-16,33H,13-14,17-18H2,1H3;2-3,5-14H,15-16,27H2,1H3;2H,1H2/q;+1;. The SMILES string of the molecule is Cc1cccc(C(CN)(CC2=CC=C[C+]=C2)c2cccc(OC(F)(F)F)c2)c1.Cc1cccc(C(CNCCC(F)(F)F)(Cc2ccccc2)c2cccc(OC(F)(F)F)c2)c1.O=CCC(F)(F)F. The summed E-state index contributed by atoms with van der Waals surface area (Å²) < 4.78 is 156. The first-order valence-corrected chi connectivity index (χ1v) is 21.2. The highest BCUT2D eigenvalue weighted by atomic mass is 19.4. The average Bonchev–Trinajstić information content (AvgIpc) is 3.26. The quantitative estimate of drug-likeness (QED) is 0.0446. The highest BCUT2D eigenvalue weighted by Gasteiger charge is 2.39. The van der Waals surface area contributed by atoms with E-state index in [9.17, 15) is 52.7 Å². The molecule has 5 aromatic carbocycles. The fourth-order valence-corrected chi connectivity index (χ4v) is 7.64. The number of halogens is 12. The Morgan fingerprint density at radius 2 is 1.09 bits per heavy atom. The third kappa shape index (κ3) is 18.2. The molecule has 0 spiro atoms. The molecule has 0 saturated carbocycles. The van der Waals surface area contributed by atoms with Crippen molar-refractivity contribution < 1.29 is 67.0 Å². The Morgan fingerprint density at radius 3 is 1.51 bits per heavy atom. The average molecular weight is 978 g/mol. The van der Waals surface area contributed by atoms with Crippen molar-refractivity contribution in [2.24, 2.45) is 5.73 Å². The van der Waals surface area contributed by atoms with Gasteiger partial charge in [0.15, 0.2) is 0 Å². The van der Waals surface area contributed by atoms with Crippen LogP contribution < -0.4 is 20.5 Å². The van der Waals surface area contributed by atoms with E-state index in [4.69, 9.17) is 10.5 Å². The molecule has 6 rings (SSSR count). The van der Waals surface area contributed by atoms with Gasteiger partial charge < -0.3 is 25.3 Å². The topological polar surface area (TPSA) is 73.6 Å². The maximum absolute atomic E-state index is 12.9. The monoisotopic (exact) mass is 977 g/mol. The van der Waals surface area contributed by atoms with E-state index in [1.807, 2.05) is 111 Å². The predicted octanol–water partition coefficient (Wildman–Crippen LogP) is 13.5. The third-order valence-electron chi connectivity index (χ3n) is 10.7. The summed E-state index contributed by atoms with van der Waals surface area (Å²) in [5.41, 5.74) is 11.4. The van der Waals surface area contributed by atoms with Crippen molar-refractivity contribution in [1.29, 1.82) is 0 Å². The van der Waals surface area contributed by atoms with Gasteiger partial charge in [0.05, 0.1) is 24.5 Å². The first-order chi connectivity index (χ1) is 32.4. The minimum Gasteiger partial charge on any atom is -0.406 e. The van der Waals surface area contributed by atoms with Crippen LogP contribution in [-0.2, 0) is 22.0 Å². The summed E-state index contributed by atoms with van der Waals surface area (Å²) in [5.74, 6) is -0.638. The van der Waals surface area contributed by atoms with E-state index in [0.29, 0.717) is 24.0 Å². The second kappa shape index (κ2) is 24.2. The van der Waals surface area contributed by atoms with Crippen molar-refractivity contribution in [2.45, 2.75) is 75.4 Å². The van der Waals surface area contributed by atoms with Gasteiger partial charge in [0.2, 0.25) is 0 Å². The molecule has 0 aromatic heterocycles. The lowest BCUT2D eigenvalue weighted by Gasteiger charge is -2.36. The van der Waals surface area contributed by atoms with E-state index in [2.05, 4.69) is 20.9 Å². The van der Waals surface area contributed by atoms with Gasteiger partial charge in [-0.3, -0.25) is 0 Å². The molecule has 1 aliphatic carbocycles. The number of hydrogen-bond donors (Lipinski definition) is 2. The van der Waals surface area contributed by atoms with E-state index in [1.54, 1.807) is 24.3 Å². The van der Waals surface area contributed by atoms with Gasteiger partial charge in [-0.25, -0.2) is 0 Å². The van der Waals surface area contributed by atoms with Gasteiger partial charge in [0.1, 0.15) is 29.9 Å². The lowest BCUT2D eigenvalue weighted by molar-refractivity contribution is -0.275. The summed E-state index contributed by atoms with van der Waals surface area (Å²) in [7, 11) is 0. The number of nitrogens with two attached hydrogens (primary N) is 1. The van der Waals surface area contributed by atoms with Crippen LogP contribution in [0.1, 0.15) is 58.2 Å². The second-order valence-corrected chi connectivity index (χ2v) is 16.0. The molecule has 368 valence electrons. The highest BCUT2D eigenvalue weighted by Crippen LogP contribution is 2.41. The smallest absolute Gasteiger partial charge is 0.406 e. The predicted molar refractivity (Wildman–Crippen MR) is 239 cm³/mol. The largest absolute Gasteiger partial charge is 0.573 e. The van der Waals surface area contributed by atoms with Gasteiger partial charge in [0, 0.05) is 49.0 Å². The van der Waals surface area contributed by atoms with E-state index in [-0.39, 0.29) is 37.4 Å². The zero-order valence-corrected chi connectivity index (χ0v) is 37.3. The number of aldehydes is 1. The molecular formula is C52H49F12N2O3+. The van der Waals surface area contributed by atoms with Crippen LogP contribution in [0.4, 0.5) is 52.7 Å². The van der Waals surface area contributed by atoms with Crippen LogP contribution in [0.15, 0.2) is 157 Å². The van der Waals surface area contributed by atoms with E-state index in [0.717, 1.165) is 33.4 Å². The summed E-state index contributed by atoms with van der Waals surface area (Å²) in [6.45, 7) is 3.85. The maximum Gasteiger partial charge on any atom is 0.573 e. The lowest BCUT2D eigenvalue weighted by atomic mass is 9.69. The third-order valence-corrected chi connectivity index (χ3v) is 10.7. The molecule has 2 unspecified atom stereocenters. The minimum atomic E-state index is -4.87. The molecule has 0 radical (unpaired) electrons. The number of rotatable bonds is 16. The zero-order chi connectivity index (χ0) is 50.9. The molecule has 17 heteroatoms. The summed E-state index contributed by atoms with van der Waals surface area (Å²) in [4.78, 5) is 9.10. The van der Waals surface area contributed by atoms with E-state index < -0.39 is 48.7 Å². The van der Waals surface area contributed by atoms with Crippen molar-refractivity contribution in [3.05, 3.63) is 202 Å². The number of carbonyl (C=O) groups is 1. The minimum absolute atomic E-state index is 0.0803. The van der Waals surface area contributed by atoms with Crippen LogP contribution in [0.2, 0.25) is 0 Å². The number of aryl methyl sites for hydroxylation is 2. The number of hydrogen-bond acceptors (Lipinski definition) is 5. The molecule has 69 heavy (non-hydrogen) atoms. The molecule has 0 aliphatic heterocycles. The molecule has 0 amide bonds. The normalized spacial score (nSPS) is 14.3. The van der Waals surface area contributed by atoms with Crippen molar-refractivity contribution in [3.8, 4) is 11.5 Å². The van der Waals surface area contributed by atoms with Gasteiger partial charge in [-0.2, -0.15) is 26.3 Å². The van der Waals surface area contributed by atoms with Crippen molar-refractivity contribution in [3.63, 3.8) is 0 Å². The van der Waals surface area contributed by atoms with E-state index >= 15 is 0 Å². The Balaban J connectivity index is 0.000000267. The fraction of sp³-hybridized carbons (Fsp3) is 0.288. The van der Waals surface area contributed by atoms with Gasteiger partial charge in [0.25, 0.3) is 0 Å². The lowest BCUT2D eigenvalue weighted by Crippen LogP contribution is -2.42. The molecule has 0 saturated heterocycles. The maximum atomic E-state index is 12.9. The number of ether oxygens (including phenoxy) is 2. The number of carbonyl (C=O) groups excluding carboxylic acids is 1. The molecule has 1 aliphatic rings. The summed E-state index contributed by atoms with van der Waals surface area (Å²) in [6.07, 6.45) is -9.32. The number of nitrogens with one attached hydrogen (secondary N) is 1. The van der Waals surface area contributed by atoms with Crippen molar-refractivity contribution in [2.75, 3.05) is 19.6 Å². The Kier molecular flexibility index (Phi) is 19.4. The Labute approximate surface area is 392 Å². The van der Waals surface area contributed by atoms with Crippen LogP contribution in [-0.4, -0.2) is 51.0 Å². The van der Waals surface area contributed by atoms with Gasteiger partial charge >= 0.3 is 25.1 Å². The van der Waals surface area contributed by atoms with E-state index in [1.165, 1.54) is 30.3 Å². The summed E-state index contributed by atoms with van der Waals surface area (Å²) in [6, 6.07) is 36.4. The molecule has 0 heterocycles. The molecule has 5 nitrogen and oxygen atoms in total. The van der Waals surface area contributed by atoms with Crippen LogP contribution in [0.25, 0.3) is 0 Å². The van der Waals surface area contributed by atoms with Gasteiger partial charge in [-0.15, -0.1) is 26.3 Å². The molecule has 3 N–H and O–H groups in total. The Morgan fingerprint density at radius 1 is 0.594 bits per heavy atom. The summed E-state index contributed by atoms with van der Waals surface area (Å²) >= 11 is 0. The Hall–Kier alpha value is -6.42. The molecule has 0 bridgehead atoms. The van der Waals surface area contributed by atoms with Gasteiger partial charge in [-0.1, -0.05) is 114 Å². The Bertz CT molecular complexity index is 2500. The first kappa shape index (κ1) is 55.2. The molecule has 0 fully saturated rings. The molecular weight excluding hydrogens is 929 g/mol. The fourth-order valence-electron chi connectivity index (χ4n) is 7.64. The second-order valence-electron chi connectivity index (χ2n) is 16.0. The van der Waals surface area contributed by atoms with Crippen LogP contribution in [0.3, 0.4) is 0 Å². The first-order valence-electron chi connectivity index (χ1n) is 21.2. The van der Waals surface area contributed by atoms with Crippen molar-refractivity contribution >= 4 is 6.29 Å². The molecule has 2 atom stereocenters. The number of alkyl halides is 12. The van der Waals surface area contributed by atoms with Crippen LogP contribution in [0.5, 0.6) is 11.5 Å². The van der Waals surface area contributed by atoms with Crippen LogP contribution >= 0.6 is 0 Å². The van der Waals surface area contributed by atoms with Crippen LogP contribution in [0, 0.1) is 19.9 Å². The number of allylic oxidation sites excluding steroid dienone is 6.